The number of pyridine rings is 1. The van der Waals surface area contributed by atoms with E-state index in [9.17, 15) is 4.79 Å². The molecule has 0 atom stereocenters. The van der Waals surface area contributed by atoms with Crippen molar-refractivity contribution in [3.8, 4) is 0 Å². The summed E-state index contributed by atoms with van der Waals surface area (Å²) in [5, 5.41) is 2.75. The molecule has 0 aliphatic heterocycles. The van der Waals surface area contributed by atoms with Gasteiger partial charge in [-0.25, -0.2) is 0 Å². The third-order valence-electron chi connectivity index (χ3n) is 1.67. The van der Waals surface area contributed by atoms with Crippen LogP contribution in [0.25, 0.3) is 11.0 Å². The largest absolute Gasteiger partial charge is 0.451 e. The smallest absolute Gasteiger partial charge is 0.321 e. The Labute approximate surface area is 84.3 Å². The van der Waals surface area contributed by atoms with Gasteiger partial charge in [-0.05, 0) is 24.4 Å². The Hall–Kier alpha value is -1.84. The molecule has 0 aliphatic carbocycles. The molecule has 0 aromatic carbocycles. The predicted molar refractivity (Wildman–Crippen MR) is 53.4 cm³/mol. The number of carbonyl (C=O) groups excluding carboxylic acids is 1. The lowest BCUT2D eigenvalue weighted by molar-refractivity contribution is 0.0979. The highest BCUT2D eigenvalue weighted by Gasteiger charge is 2.10. The van der Waals surface area contributed by atoms with E-state index in [0.717, 1.165) is 5.39 Å². The molecular formula is C9H4N2O2S. The van der Waals surface area contributed by atoms with Gasteiger partial charge in [0.1, 0.15) is 5.58 Å². The Morgan fingerprint density at radius 1 is 1.64 bits per heavy atom. The van der Waals surface area contributed by atoms with E-state index >= 15 is 0 Å². The first-order valence-corrected chi connectivity index (χ1v) is 4.18. The first kappa shape index (κ1) is 8.74. The number of amides is 1. The van der Waals surface area contributed by atoms with Gasteiger partial charge in [0.2, 0.25) is 0 Å². The van der Waals surface area contributed by atoms with E-state index in [2.05, 4.69) is 22.2 Å². The molecule has 4 nitrogen and oxygen atoms in total. The van der Waals surface area contributed by atoms with Crippen LogP contribution >= 0.6 is 12.2 Å². The van der Waals surface area contributed by atoms with Gasteiger partial charge < -0.3 is 4.42 Å². The summed E-state index contributed by atoms with van der Waals surface area (Å²) in [5.74, 6) is -0.387. The number of nitrogens with zero attached hydrogens (tertiary/aromatic N) is 2. The van der Waals surface area contributed by atoms with Gasteiger partial charge in [0.05, 0.1) is 5.16 Å². The SMILES string of the molecule is O=C(N=C=S)c1cc2cnccc2o1. The summed E-state index contributed by atoms with van der Waals surface area (Å²) in [5.41, 5.74) is 0.600. The average Bonchev–Trinajstić information content (AvgIpc) is 2.61. The van der Waals surface area contributed by atoms with Crippen molar-refractivity contribution in [1.82, 2.24) is 4.98 Å². The number of thiocarbonyl (C=S) groups is 1. The van der Waals surface area contributed by atoms with Crippen molar-refractivity contribution in [2.24, 2.45) is 4.99 Å². The van der Waals surface area contributed by atoms with E-state index in [4.69, 9.17) is 4.42 Å². The van der Waals surface area contributed by atoms with Gasteiger partial charge in [0.25, 0.3) is 0 Å². The Morgan fingerprint density at radius 3 is 3.21 bits per heavy atom. The third-order valence-corrected chi connectivity index (χ3v) is 1.77. The summed E-state index contributed by atoms with van der Waals surface area (Å²) >= 11 is 4.32. The lowest BCUT2D eigenvalue weighted by Crippen LogP contribution is -1.89. The zero-order chi connectivity index (χ0) is 9.97. The molecule has 0 saturated carbocycles. The lowest BCUT2D eigenvalue weighted by Gasteiger charge is -1.83. The fraction of sp³-hybridized carbons (Fsp3) is 0. The second-order valence-electron chi connectivity index (χ2n) is 2.53. The van der Waals surface area contributed by atoms with E-state index < -0.39 is 5.91 Å². The molecule has 0 bridgehead atoms. The normalized spacial score (nSPS) is 9.71. The second kappa shape index (κ2) is 3.49. The van der Waals surface area contributed by atoms with E-state index in [-0.39, 0.29) is 5.76 Å². The number of isothiocyanates is 1. The van der Waals surface area contributed by atoms with Crippen molar-refractivity contribution in [2.45, 2.75) is 0 Å². The van der Waals surface area contributed by atoms with Crippen LogP contribution in [-0.4, -0.2) is 16.1 Å². The molecule has 0 radical (unpaired) electrons. The van der Waals surface area contributed by atoms with Gasteiger partial charge >= 0.3 is 5.91 Å². The molecule has 0 aliphatic rings. The second-order valence-corrected chi connectivity index (χ2v) is 2.71. The molecule has 14 heavy (non-hydrogen) atoms. The number of rotatable bonds is 1. The first-order valence-electron chi connectivity index (χ1n) is 3.77. The zero-order valence-electron chi connectivity index (χ0n) is 6.93. The van der Waals surface area contributed by atoms with Crippen LogP contribution in [0.5, 0.6) is 0 Å². The number of fused-ring (bicyclic) bond motifs is 1. The maximum absolute atomic E-state index is 11.2. The van der Waals surface area contributed by atoms with Crippen molar-refractivity contribution >= 4 is 34.3 Å². The number of hydrogen-bond acceptors (Lipinski definition) is 4. The minimum Gasteiger partial charge on any atom is -0.451 e. The minimum absolute atomic E-state index is 0.144. The number of carbonyl (C=O) groups is 1. The van der Waals surface area contributed by atoms with Crippen LogP contribution in [0, 0.1) is 0 Å². The van der Waals surface area contributed by atoms with Gasteiger partial charge in [-0.3, -0.25) is 9.78 Å². The van der Waals surface area contributed by atoms with Gasteiger partial charge in [-0.2, -0.15) is 0 Å². The highest BCUT2D eigenvalue weighted by atomic mass is 32.1. The molecule has 2 rings (SSSR count). The number of furan rings is 1. The van der Waals surface area contributed by atoms with Crippen molar-refractivity contribution in [2.75, 3.05) is 0 Å². The Bertz CT molecular complexity index is 507. The van der Waals surface area contributed by atoms with Crippen molar-refractivity contribution in [3.63, 3.8) is 0 Å². The van der Waals surface area contributed by atoms with Crippen LogP contribution in [0.3, 0.4) is 0 Å². The first-order chi connectivity index (χ1) is 6.81. The summed E-state index contributed by atoms with van der Waals surface area (Å²) in [6.45, 7) is 0. The molecule has 68 valence electrons. The molecule has 2 aromatic heterocycles. The summed E-state index contributed by atoms with van der Waals surface area (Å²) in [7, 11) is 0. The fourth-order valence-corrected chi connectivity index (χ4v) is 1.17. The molecule has 0 saturated heterocycles. The van der Waals surface area contributed by atoms with E-state index in [1.165, 1.54) is 0 Å². The van der Waals surface area contributed by atoms with Gasteiger partial charge in [0.15, 0.2) is 5.76 Å². The van der Waals surface area contributed by atoms with Crippen molar-refractivity contribution in [1.29, 1.82) is 0 Å². The molecule has 2 aromatic rings. The molecule has 0 fully saturated rings. The Balaban J connectivity index is 2.55. The maximum atomic E-state index is 11.2. The van der Waals surface area contributed by atoms with E-state index in [0.29, 0.717) is 5.58 Å². The van der Waals surface area contributed by atoms with Crippen LogP contribution in [0.4, 0.5) is 0 Å². The zero-order valence-corrected chi connectivity index (χ0v) is 7.75. The van der Waals surface area contributed by atoms with Gasteiger partial charge in [-0.1, -0.05) is 0 Å². The monoisotopic (exact) mass is 204 g/mol. The molecule has 0 spiro atoms. The highest BCUT2D eigenvalue weighted by molar-refractivity contribution is 7.78. The summed E-state index contributed by atoms with van der Waals surface area (Å²) in [4.78, 5) is 18.4. The predicted octanol–water partition coefficient (Wildman–Crippen LogP) is 2.07. The minimum atomic E-state index is -0.531. The van der Waals surface area contributed by atoms with Gasteiger partial charge in [-0.15, -0.1) is 4.99 Å². The molecular weight excluding hydrogens is 200 g/mol. The number of hydrogen-bond donors (Lipinski definition) is 0. The topological polar surface area (TPSA) is 55.5 Å². The van der Waals surface area contributed by atoms with E-state index in [1.54, 1.807) is 24.5 Å². The Morgan fingerprint density at radius 2 is 2.50 bits per heavy atom. The van der Waals surface area contributed by atoms with Gasteiger partial charge in [0, 0.05) is 17.8 Å². The van der Waals surface area contributed by atoms with Crippen LogP contribution in [0.1, 0.15) is 10.6 Å². The van der Waals surface area contributed by atoms with Crippen LogP contribution in [0.2, 0.25) is 0 Å². The Kier molecular flexibility index (Phi) is 2.18. The molecule has 1 amide bonds. The van der Waals surface area contributed by atoms with Crippen molar-refractivity contribution in [3.05, 3.63) is 30.3 Å². The quantitative estimate of drug-likeness (QED) is 0.527. The third kappa shape index (κ3) is 1.46. The standard InChI is InChI=1S/C9H4N2O2S/c12-9(11-5-14)8-3-6-4-10-2-1-7(6)13-8/h1-4H. The van der Waals surface area contributed by atoms with Crippen molar-refractivity contribution < 1.29 is 9.21 Å². The van der Waals surface area contributed by atoms with Crippen LogP contribution in [-0.2, 0) is 0 Å². The number of aromatic nitrogens is 1. The maximum Gasteiger partial charge on any atom is 0.321 e. The fourth-order valence-electron chi connectivity index (χ4n) is 1.09. The van der Waals surface area contributed by atoms with Crippen LogP contribution < -0.4 is 0 Å². The van der Waals surface area contributed by atoms with Crippen LogP contribution in [0.15, 0.2) is 33.9 Å². The molecule has 0 N–H and O–H groups in total. The summed E-state index contributed by atoms with van der Waals surface area (Å²) < 4.78 is 5.21. The molecule has 0 unspecified atom stereocenters. The lowest BCUT2D eigenvalue weighted by atomic mass is 10.3. The number of aliphatic imine (C=N–C) groups is 1. The summed E-state index contributed by atoms with van der Waals surface area (Å²) in [6, 6.07) is 3.24. The summed E-state index contributed by atoms with van der Waals surface area (Å²) in [6.07, 6.45) is 3.19. The molecule has 5 heteroatoms. The van der Waals surface area contributed by atoms with E-state index in [1.807, 2.05) is 5.16 Å². The average molecular weight is 204 g/mol. The highest BCUT2D eigenvalue weighted by Crippen LogP contribution is 2.17. The molecule has 2 heterocycles.